The molecule has 1 fully saturated rings. The SMILES string of the molecule is CN(CCN1CCCC1)c1cc(Br)ccc1CN. The van der Waals surface area contributed by atoms with Crippen molar-refractivity contribution in [1.82, 2.24) is 4.90 Å². The smallest absolute Gasteiger partial charge is 0.0420 e. The molecule has 1 saturated heterocycles. The van der Waals surface area contributed by atoms with E-state index in [4.69, 9.17) is 5.73 Å². The van der Waals surface area contributed by atoms with Crippen LogP contribution < -0.4 is 10.6 Å². The van der Waals surface area contributed by atoms with Gasteiger partial charge in [-0.05, 0) is 43.6 Å². The Morgan fingerprint density at radius 1 is 1.33 bits per heavy atom. The molecule has 0 atom stereocenters. The Labute approximate surface area is 118 Å². The molecule has 0 unspecified atom stereocenters. The van der Waals surface area contributed by atoms with Crippen LogP contribution in [0.15, 0.2) is 22.7 Å². The zero-order valence-corrected chi connectivity index (χ0v) is 12.6. The Morgan fingerprint density at radius 2 is 2.06 bits per heavy atom. The van der Waals surface area contributed by atoms with Gasteiger partial charge in [-0.15, -0.1) is 0 Å². The Kier molecular flexibility index (Phi) is 5.03. The summed E-state index contributed by atoms with van der Waals surface area (Å²) in [6, 6.07) is 6.32. The number of rotatable bonds is 5. The van der Waals surface area contributed by atoms with Gasteiger partial charge in [0, 0.05) is 36.8 Å². The van der Waals surface area contributed by atoms with Gasteiger partial charge in [0.25, 0.3) is 0 Å². The number of likely N-dealkylation sites (N-methyl/N-ethyl adjacent to an activating group) is 1. The normalized spacial score (nSPS) is 16.2. The number of halogens is 1. The van der Waals surface area contributed by atoms with Gasteiger partial charge >= 0.3 is 0 Å². The van der Waals surface area contributed by atoms with Crippen LogP contribution in [0, 0.1) is 0 Å². The maximum absolute atomic E-state index is 5.80. The average Bonchev–Trinajstić information content (AvgIpc) is 2.89. The first-order chi connectivity index (χ1) is 8.70. The first-order valence-corrected chi connectivity index (χ1v) is 7.42. The fourth-order valence-corrected chi connectivity index (χ4v) is 2.83. The lowest BCUT2D eigenvalue weighted by atomic mass is 10.1. The van der Waals surface area contributed by atoms with E-state index in [0.29, 0.717) is 6.54 Å². The molecule has 0 radical (unpaired) electrons. The second-order valence-electron chi connectivity index (χ2n) is 4.95. The first-order valence-electron chi connectivity index (χ1n) is 6.62. The molecule has 100 valence electrons. The summed E-state index contributed by atoms with van der Waals surface area (Å²) in [5.41, 5.74) is 8.26. The second-order valence-corrected chi connectivity index (χ2v) is 5.86. The number of hydrogen-bond acceptors (Lipinski definition) is 3. The van der Waals surface area contributed by atoms with Crippen LogP contribution in [0.25, 0.3) is 0 Å². The van der Waals surface area contributed by atoms with E-state index in [9.17, 15) is 0 Å². The predicted molar refractivity (Wildman–Crippen MR) is 81.0 cm³/mol. The number of nitrogens with two attached hydrogens (primary N) is 1. The minimum atomic E-state index is 0.594. The fraction of sp³-hybridized carbons (Fsp3) is 0.571. The molecule has 1 heterocycles. The highest BCUT2D eigenvalue weighted by molar-refractivity contribution is 9.10. The second kappa shape index (κ2) is 6.55. The monoisotopic (exact) mass is 311 g/mol. The van der Waals surface area contributed by atoms with Crippen molar-refractivity contribution in [2.45, 2.75) is 19.4 Å². The van der Waals surface area contributed by atoms with E-state index in [0.717, 1.165) is 17.6 Å². The van der Waals surface area contributed by atoms with E-state index in [-0.39, 0.29) is 0 Å². The van der Waals surface area contributed by atoms with Crippen molar-refractivity contribution in [3.63, 3.8) is 0 Å². The molecular weight excluding hydrogens is 290 g/mol. The lowest BCUT2D eigenvalue weighted by Crippen LogP contribution is -2.32. The van der Waals surface area contributed by atoms with Crippen LogP contribution in [0.1, 0.15) is 18.4 Å². The minimum Gasteiger partial charge on any atom is -0.373 e. The molecule has 1 aromatic carbocycles. The van der Waals surface area contributed by atoms with Gasteiger partial charge in [0.1, 0.15) is 0 Å². The Balaban J connectivity index is 1.98. The highest BCUT2D eigenvalue weighted by atomic mass is 79.9. The summed E-state index contributed by atoms with van der Waals surface area (Å²) in [7, 11) is 2.15. The summed E-state index contributed by atoms with van der Waals surface area (Å²) in [4.78, 5) is 4.85. The molecule has 3 nitrogen and oxygen atoms in total. The summed E-state index contributed by atoms with van der Waals surface area (Å²) in [6.45, 7) is 5.32. The number of benzene rings is 1. The van der Waals surface area contributed by atoms with Gasteiger partial charge in [-0.25, -0.2) is 0 Å². The predicted octanol–water partition coefficient (Wildman–Crippen LogP) is 2.44. The minimum absolute atomic E-state index is 0.594. The van der Waals surface area contributed by atoms with Crippen molar-refractivity contribution < 1.29 is 0 Å². The van der Waals surface area contributed by atoms with Gasteiger partial charge < -0.3 is 15.5 Å². The van der Waals surface area contributed by atoms with Gasteiger partial charge in [-0.2, -0.15) is 0 Å². The van der Waals surface area contributed by atoms with E-state index >= 15 is 0 Å². The molecule has 0 spiro atoms. The Morgan fingerprint density at radius 3 is 2.72 bits per heavy atom. The van der Waals surface area contributed by atoms with Crippen LogP contribution in [0.2, 0.25) is 0 Å². The molecule has 0 bridgehead atoms. The van der Waals surface area contributed by atoms with E-state index in [1.54, 1.807) is 0 Å². The van der Waals surface area contributed by atoms with Gasteiger partial charge in [0.15, 0.2) is 0 Å². The van der Waals surface area contributed by atoms with Crippen LogP contribution in [-0.2, 0) is 6.54 Å². The highest BCUT2D eigenvalue weighted by Crippen LogP contribution is 2.24. The number of anilines is 1. The van der Waals surface area contributed by atoms with E-state index in [1.165, 1.54) is 37.2 Å². The molecule has 4 heteroatoms. The molecular formula is C14H22BrN3. The first kappa shape index (κ1) is 13.8. The highest BCUT2D eigenvalue weighted by Gasteiger charge is 2.13. The number of nitrogens with zero attached hydrogens (tertiary/aromatic N) is 2. The van der Waals surface area contributed by atoms with Gasteiger partial charge in [-0.3, -0.25) is 0 Å². The number of hydrogen-bond donors (Lipinski definition) is 1. The third-order valence-electron chi connectivity index (χ3n) is 3.63. The van der Waals surface area contributed by atoms with Crippen molar-refractivity contribution in [2.24, 2.45) is 5.73 Å². The summed E-state index contributed by atoms with van der Waals surface area (Å²) >= 11 is 3.53. The average molecular weight is 312 g/mol. The molecule has 0 aromatic heterocycles. The van der Waals surface area contributed by atoms with Crippen molar-refractivity contribution in [3.8, 4) is 0 Å². The summed E-state index contributed by atoms with van der Waals surface area (Å²) in [5.74, 6) is 0. The van der Waals surface area contributed by atoms with Gasteiger partial charge in [0.05, 0.1) is 0 Å². The molecule has 0 aliphatic carbocycles. The van der Waals surface area contributed by atoms with E-state index < -0.39 is 0 Å². The quantitative estimate of drug-likeness (QED) is 0.906. The third kappa shape index (κ3) is 3.46. The summed E-state index contributed by atoms with van der Waals surface area (Å²) in [5, 5.41) is 0. The van der Waals surface area contributed by atoms with Crippen LogP contribution in [-0.4, -0.2) is 38.1 Å². The van der Waals surface area contributed by atoms with Gasteiger partial charge in [0.2, 0.25) is 0 Å². The molecule has 1 aliphatic rings. The van der Waals surface area contributed by atoms with Crippen LogP contribution in [0.3, 0.4) is 0 Å². The Bertz CT molecular complexity index is 389. The van der Waals surface area contributed by atoms with Crippen molar-refractivity contribution in [2.75, 3.05) is 38.1 Å². The van der Waals surface area contributed by atoms with Crippen molar-refractivity contribution in [1.29, 1.82) is 0 Å². The van der Waals surface area contributed by atoms with Crippen LogP contribution >= 0.6 is 15.9 Å². The molecule has 0 saturated carbocycles. The topological polar surface area (TPSA) is 32.5 Å². The largest absolute Gasteiger partial charge is 0.373 e. The lowest BCUT2D eigenvalue weighted by molar-refractivity contribution is 0.346. The van der Waals surface area contributed by atoms with Crippen molar-refractivity contribution in [3.05, 3.63) is 28.2 Å². The van der Waals surface area contributed by atoms with E-state index in [1.807, 2.05) is 0 Å². The van der Waals surface area contributed by atoms with E-state index in [2.05, 4.69) is 51.0 Å². The molecule has 2 rings (SSSR count). The molecule has 2 N–H and O–H groups in total. The standard InChI is InChI=1S/C14H22BrN3/c1-17(8-9-18-6-2-3-7-18)14-10-13(15)5-4-12(14)11-16/h4-5,10H,2-3,6-9,11,16H2,1H3. The lowest BCUT2D eigenvalue weighted by Gasteiger charge is -2.25. The summed E-state index contributed by atoms with van der Waals surface area (Å²) in [6.07, 6.45) is 2.71. The third-order valence-corrected chi connectivity index (χ3v) is 4.12. The maximum atomic E-state index is 5.80. The zero-order chi connectivity index (χ0) is 13.0. The maximum Gasteiger partial charge on any atom is 0.0420 e. The zero-order valence-electron chi connectivity index (χ0n) is 11.0. The van der Waals surface area contributed by atoms with Crippen LogP contribution in [0.5, 0.6) is 0 Å². The Hall–Kier alpha value is -0.580. The van der Waals surface area contributed by atoms with Crippen molar-refractivity contribution >= 4 is 21.6 Å². The van der Waals surface area contributed by atoms with Crippen LogP contribution in [0.4, 0.5) is 5.69 Å². The molecule has 1 aromatic rings. The van der Waals surface area contributed by atoms with Gasteiger partial charge in [-0.1, -0.05) is 22.0 Å². The molecule has 1 aliphatic heterocycles. The number of likely N-dealkylation sites (tertiary alicyclic amines) is 1. The summed E-state index contributed by atoms with van der Waals surface area (Å²) < 4.78 is 1.11. The molecule has 0 amide bonds. The molecule has 18 heavy (non-hydrogen) atoms. The fourth-order valence-electron chi connectivity index (χ4n) is 2.48.